The monoisotopic (exact) mass is 437 g/mol. The average Bonchev–Trinajstić information content (AvgIpc) is 3.27. The van der Waals surface area contributed by atoms with E-state index < -0.39 is 0 Å². The second-order valence-corrected chi connectivity index (χ2v) is 6.97. The largest absolute Gasteiger partial charge is 0.301 e. The molecule has 0 N–H and O–H groups in total. The highest BCUT2D eigenvalue weighted by Gasteiger charge is 2.17. The molecule has 3 aromatic heterocycles. The summed E-state index contributed by atoms with van der Waals surface area (Å²) in [5.41, 5.74) is 4.99. The van der Waals surface area contributed by atoms with Crippen LogP contribution < -0.4 is 0 Å². The summed E-state index contributed by atoms with van der Waals surface area (Å²) in [6.07, 6.45) is 5.40. The normalized spacial score (nSPS) is 11.4. The molecule has 0 radical (unpaired) electrons. The van der Waals surface area contributed by atoms with E-state index in [1.807, 2.05) is 18.2 Å². The second-order valence-electron chi connectivity index (χ2n) is 5.73. The molecule has 2 aromatic carbocycles. The summed E-state index contributed by atoms with van der Waals surface area (Å²) < 4.78 is 5.03. The van der Waals surface area contributed by atoms with Crippen molar-refractivity contribution in [2.45, 2.75) is 0 Å². The maximum Gasteiger partial charge on any atom is 0.168 e. The third-order valence-electron chi connectivity index (χ3n) is 4.25. The number of nitrogens with zero attached hydrogens (tertiary/aromatic N) is 5. The molecule has 0 atom stereocenters. The lowest BCUT2D eigenvalue weighted by atomic mass is 10.1. The summed E-state index contributed by atoms with van der Waals surface area (Å²) in [7, 11) is 0. The van der Waals surface area contributed by atoms with Crippen molar-refractivity contribution in [1.29, 1.82) is 0 Å². The standard InChI is InChI=1S/C19H12IN5/c20-14-6-8-15(9-7-14)24-10-16(13-4-2-1-3-5-13)17-18(24)22-12-25-19(17)21-11-23-25/h1-12H. The van der Waals surface area contributed by atoms with Gasteiger partial charge in [0.2, 0.25) is 0 Å². The van der Waals surface area contributed by atoms with Crippen LogP contribution in [0, 0.1) is 3.57 Å². The third-order valence-corrected chi connectivity index (χ3v) is 4.97. The van der Waals surface area contributed by atoms with Gasteiger partial charge in [-0.25, -0.2) is 14.5 Å². The maximum atomic E-state index is 4.65. The van der Waals surface area contributed by atoms with E-state index in [0.29, 0.717) is 0 Å². The zero-order valence-electron chi connectivity index (χ0n) is 13.0. The molecule has 3 heterocycles. The Morgan fingerprint density at radius 3 is 2.44 bits per heavy atom. The van der Waals surface area contributed by atoms with Gasteiger partial charge in [-0.05, 0) is 52.4 Å². The molecule has 0 aliphatic carbocycles. The summed E-state index contributed by atoms with van der Waals surface area (Å²) in [5.74, 6) is 0. The van der Waals surface area contributed by atoms with Gasteiger partial charge in [0, 0.05) is 21.0 Å². The smallest absolute Gasteiger partial charge is 0.168 e. The highest BCUT2D eigenvalue weighted by molar-refractivity contribution is 14.1. The number of hydrogen-bond acceptors (Lipinski definition) is 3. The summed E-state index contributed by atoms with van der Waals surface area (Å²) in [6.45, 7) is 0. The van der Waals surface area contributed by atoms with E-state index in [0.717, 1.165) is 33.5 Å². The SMILES string of the molecule is Ic1ccc(-n2cc(-c3ccccc3)c3c2ncn2ncnc32)cc1. The maximum absolute atomic E-state index is 4.65. The predicted octanol–water partition coefficient (Wildman–Crippen LogP) is 4.34. The van der Waals surface area contributed by atoms with Crippen LogP contribution in [0.15, 0.2) is 73.4 Å². The van der Waals surface area contributed by atoms with Crippen LogP contribution >= 0.6 is 22.6 Å². The molecule has 0 aliphatic heterocycles. The van der Waals surface area contributed by atoms with Gasteiger partial charge in [0.05, 0.1) is 5.39 Å². The van der Waals surface area contributed by atoms with E-state index in [9.17, 15) is 0 Å². The number of fused-ring (bicyclic) bond motifs is 3. The predicted molar refractivity (Wildman–Crippen MR) is 106 cm³/mol. The molecule has 0 saturated carbocycles. The molecule has 120 valence electrons. The van der Waals surface area contributed by atoms with Gasteiger partial charge < -0.3 is 4.57 Å². The second kappa shape index (κ2) is 5.66. The minimum atomic E-state index is 0.813. The van der Waals surface area contributed by atoms with E-state index in [-0.39, 0.29) is 0 Å². The summed E-state index contributed by atoms with van der Waals surface area (Å²) >= 11 is 2.31. The van der Waals surface area contributed by atoms with Crippen LogP contribution in [-0.4, -0.2) is 24.1 Å². The highest BCUT2D eigenvalue weighted by Crippen LogP contribution is 2.33. The third kappa shape index (κ3) is 2.32. The number of rotatable bonds is 2. The fourth-order valence-electron chi connectivity index (χ4n) is 3.10. The zero-order chi connectivity index (χ0) is 16.8. The zero-order valence-corrected chi connectivity index (χ0v) is 15.2. The van der Waals surface area contributed by atoms with Crippen molar-refractivity contribution < 1.29 is 0 Å². The van der Waals surface area contributed by atoms with Crippen LogP contribution in [0.25, 0.3) is 33.5 Å². The summed E-state index contributed by atoms with van der Waals surface area (Å²) in [5, 5.41) is 5.23. The van der Waals surface area contributed by atoms with Gasteiger partial charge in [-0.1, -0.05) is 30.3 Å². The highest BCUT2D eigenvalue weighted by atomic mass is 127. The molecule has 0 unspecified atom stereocenters. The Bertz CT molecular complexity index is 1190. The first-order valence-electron chi connectivity index (χ1n) is 7.82. The fourth-order valence-corrected chi connectivity index (χ4v) is 3.46. The minimum Gasteiger partial charge on any atom is -0.301 e. The first kappa shape index (κ1) is 14.6. The van der Waals surface area contributed by atoms with Gasteiger partial charge >= 0.3 is 0 Å². The first-order chi connectivity index (χ1) is 12.3. The van der Waals surface area contributed by atoms with Crippen LogP contribution in [0.3, 0.4) is 0 Å². The lowest BCUT2D eigenvalue weighted by Crippen LogP contribution is -1.96. The van der Waals surface area contributed by atoms with E-state index >= 15 is 0 Å². The Labute approximate surface area is 157 Å². The number of halogens is 1. The van der Waals surface area contributed by atoms with Gasteiger partial charge in [-0.15, -0.1) is 0 Å². The number of benzene rings is 2. The Balaban J connectivity index is 1.89. The van der Waals surface area contributed by atoms with Crippen molar-refractivity contribution in [1.82, 2.24) is 24.1 Å². The van der Waals surface area contributed by atoms with E-state index in [4.69, 9.17) is 0 Å². The minimum absolute atomic E-state index is 0.813. The van der Waals surface area contributed by atoms with Crippen LogP contribution in [0.4, 0.5) is 0 Å². The molecule has 5 aromatic rings. The van der Waals surface area contributed by atoms with Crippen LogP contribution in [-0.2, 0) is 0 Å². The first-order valence-corrected chi connectivity index (χ1v) is 8.90. The van der Waals surface area contributed by atoms with Gasteiger partial charge in [0.25, 0.3) is 0 Å². The van der Waals surface area contributed by atoms with Gasteiger partial charge in [-0.2, -0.15) is 5.10 Å². The molecule has 0 fully saturated rings. The summed E-state index contributed by atoms with van der Waals surface area (Å²) in [4.78, 5) is 9.10. The van der Waals surface area contributed by atoms with E-state index in [1.165, 1.54) is 3.57 Å². The van der Waals surface area contributed by atoms with Crippen molar-refractivity contribution in [2.75, 3.05) is 0 Å². The topological polar surface area (TPSA) is 48.0 Å². The molecule has 6 heteroatoms. The fraction of sp³-hybridized carbons (Fsp3) is 0. The molecule has 0 bridgehead atoms. The van der Waals surface area contributed by atoms with E-state index in [1.54, 1.807) is 17.2 Å². The van der Waals surface area contributed by atoms with E-state index in [2.05, 4.69) is 84.8 Å². The lowest BCUT2D eigenvalue weighted by molar-refractivity contribution is 0.926. The molecule has 0 aliphatic rings. The Morgan fingerprint density at radius 2 is 1.64 bits per heavy atom. The molecule has 25 heavy (non-hydrogen) atoms. The molecular formula is C19H12IN5. The molecule has 0 amide bonds. The number of hydrogen-bond donors (Lipinski definition) is 0. The van der Waals surface area contributed by atoms with Crippen molar-refractivity contribution in [3.63, 3.8) is 0 Å². The number of aromatic nitrogens is 5. The Kier molecular flexibility index (Phi) is 3.30. The van der Waals surface area contributed by atoms with Crippen LogP contribution in [0.5, 0.6) is 0 Å². The average molecular weight is 437 g/mol. The molecule has 5 rings (SSSR count). The van der Waals surface area contributed by atoms with Crippen LogP contribution in [0.2, 0.25) is 0 Å². The van der Waals surface area contributed by atoms with Crippen molar-refractivity contribution in [3.8, 4) is 16.8 Å². The van der Waals surface area contributed by atoms with Crippen molar-refractivity contribution in [2.24, 2.45) is 0 Å². The van der Waals surface area contributed by atoms with Gasteiger partial charge in [0.1, 0.15) is 12.7 Å². The lowest BCUT2D eigenvalue weighted by Gasteiger charge is -2.04. The van der Waals surface area contributed by atoms with Crippen LogP contribution in [0.1, 0.15) is 0 Å². The van der Waals surface area contributed by atoms with Gasteiger partial charge in [0.15, 0.2) is 11.3 Å². The quantitative estimate of drug-likeness (QED) is 0.386. The molecule has 0 spiro atoms. The van der Waals surface area contributed by atoms with Gasteiger partial charge in [-0.3, -0.25) is 0 Å². The molecule has 5 nitrogen and oxygen atoms in total. The molecular weight excluding hydrogens is 425 g/mol. The van der Waals surface area contributed by atoms with Crippen molar-refractivity contribution >= 4 is 39.3 Å². The summed E-state index contributed by atoms with van der Waals surface area (Å²) in [6, 6.07) is 18.7. The van der Waals surface area contributed by atoms with Crippen molar-refractivity contribution in [3.05, 3.63) is 77.0 Å². The Hall–Kier alpha value is -2.74. The Morgan fingerprint density at radius 1 is 0.840 bits per heavy atom. The molecule has 0 saturated heterocycles.